The summed E-state index contributed by atoms with van der Waals surface area (Å²) in [5, 5.41) is 12.3. The highest BCUT2D eigenvalue weighted by Gasteiger charge is 2.20. The molecule has 0 saturated heterocycles. The quantitative estimate of drug-likeness (QED) is 0.651. The number of hydrogen-bond acceptors (Lipinski definition) is 3. The summed E-state index contributed by atoms with van der Waals surface area (Å²) in [5.41, 5.74) is 5.71. The van der Waals surface area contributed by atoms with Crippen LogP contribution in [-0.4, -0.2) is 29.7 Å². The van der Waals surface area contributed by atoms with E-state index in [0.717, 1.165) is 38.5 Å². The molecule has 1 rings (SSSR count). The van der Waals surface area contributed by atoms with Crippen LogP contribution in [0.2, 0.25) is 0 Å². The smallest absolute Gasteiger partial charge is 0.236 e. The van der Waals surface area contributed by atoms with Gasteiger partial charge in [0.15, 0.2) is 0 Å². The second kappa shape index (κ2) is 6.86. The first-order chi connectivity index (χ1) is 7.63. The van der Waals surface area contributed by atoms with Crippen LogP contribution in [0, 0.1) is 5.92 Å². The average molecular weight is 228 g/mol. The fourth-order valence-electron chi connectivity index (χ4n) is 2.17. The van der Waals surface area contributed by atoms with Gasteiger partial charge in [0.25, 0.3) is 0 Å². The van der Waals surface area contributed by atoms with E-state index in [1.807, 2.05) is 6.92 Å². The van der Waals surface area contributed by atoms with Crippen molar-refractivity contribution in [2.75, 3.05) is 6.54 Å². The lowest BCUT2D eigenvalue weighted by atomic mass is 9.87. The Morgan fingerprint density at radius 3 is 2.62 bits per heavy atom. The average Bonchev–Trinajstić information content (AvgIpc) is 2.28. The zero-order valence-corrected chi connectivity index (χ0v) is 10.1. The summed E-state index contributed by atoms with van der Waals surface area (Å²) >= 11 is 0. The predicted molar refractivity (Wildman–Crippen MR) is 63.9 cm³/mol. The van der Waals surface area contributed by atoms with Gasteiger partial charge in [0.2, 0.25) is 5.91 Å². The molecule has 0 aromatic heterocycles. The Kier molecular flexibility index (Phi) is 5.77. The molecule has 1 atom stereocenters. The molecule has 0 spiro atoms. The number of nitrogens with two attached hydrogens (primary N) is 1. The molecule has 0 unspecified atom stereocenters. The molecule has 0 bridgehead atoms. The highest BCUT2D eigenvalue weighted by molar-refractivity contribution is 5.81. The molecule has 4 nitrogen and oxygen atoms in total. The molecule has 0 heterocycles. The lowest BCUT2D eigenvalue weighted by Gasteiger charge is -2.25. The third-order valence-electron chi connectivity index (χ3n) is 3.32. The molecule has 4 N–H and O–H groups in total. The Morgan fingerprint density at radius 1 is 1.44 bits per heavy atom. The Bertz CT molecular complexity index is 213. The molecule has 0 aliphatic heterocycles. The van der Waals surface area contributed by atoms with E-state index in [9.17, 15) is 9.90 Å². The normalized spacial score (nSPS) is 27.4. The zero-order valence-electron chi connectivity index (χ0n) is 10.1. The maximum absolute atomic E-state index is 11.6. The van der Waals surface area contributed by atoms with Crippen molar-refractivity contribution in [1.82, 2.24) is 5.32 Å². The van der Waals surface area contributed by atoms with E-state index in [1.165, 1.54) is 0 Å². The SMILES string of the molecule is CCC[C@H](N)C(=O)NCC1CCC(O)CC1. The zero-order chi connectivity index (χ0) is 12.0. The van der Waals surface area contributed by atoms with Gasteiger partial charge in [0, 0.05) is 6.54 Å². The van der Waals surface area contributed by atoms with Gasteiger partial charge in [-0.3, -0.25) is 4.79 Å². The van der Waals surface area contributed by atoms with Gasteiger partial charge in [-0.25, -0.2) is 0 Å². The summed E-state index contributed by atoms with van der Waals surface area (Å²) in [5.74, 6) is 0.481. The van der Waals surface area contributed by atoms with Crippen molar-refractivity contribution < 1.29 is 9.90 Å². The molecule has 1 fully saturated rings. The Balaban J connectivity index is 2.16. The monoisotopic (exact) mass is 228 g/mol. The van der Waals surface area contributed by atoms with Crippen LogP contribution >= 0.6 is 0 Å². The summed E-state index contributed by atoms with van der Waals surface area (Å²) in [7, 11) is 0. The van der Waals surface area contributed by atoms with Crippen molar-refractivity contribution in [3.63, 3.8) is 0 Å². The summed E-state index contributed by atoms with van der Waals surface area (Å²) in [6.45, 7) is 2.73. The highest BCUT2D eigenvalue weighted by atomic mass is 16.3. The number of amides is 1. The standard InChI is InChI=1S/C12H24N2O2/c1-2-3-11(13)12(16)14-8-9-4-6-10(15)7-5-9/h9-11,15H,2-8,13H2,1H3,(H,14,16)/t9?,10?,11-/m0/s1. The van der Waals surface area contributed by atoms with Crippen LogP contribution in [0.25, 0.3) is 0 Å². The number of aliphatic hydroxyl groups is 1. The number of nitrogens with one attached hydrogen (secondary N) is 1. The first-order valence-corrected chi connectivity index (χ1v) is 6.34. The maximum Gasteiger partial charge on any atom is 0.236 e. The lowest BCUT2D eigenvalue weighted by molar-refractivity contribution is -0.122. The van der Waals surface area contributed by atoms with E-state index in [1.54, 1.807) is 0 Å². The van der Waals surface area contributed by atoms with Crippen molar-refractivity contribution in [2.45, 2.75) is 57.6 Å². The summed E-state index contributed by atoms with van der Waals surface area (Å²) in [4.78, 5) is 11.6. The van der Waals surface area contributed by atoms with E-state index in [2.05, 4.69) is 5.32 Å². The minimum atomic E-state index is -0.362. The van der Waals surface area contributed by atoms with Crippen molar-refractivity contribution in [3.8, 4) is 0 Å². The third-order valence-corrected chi connectivity index (χ3v) is 3.32. The van der Waals surface area contributed by atoms with Crippen LogP contribution in [0.4, 0.5) is 0 Å². The van der Waals surface area contributed by atoms with Crippen molar-refractivity contribution >= 4 is 5.91 Å². The molecule has 1 aliphatic carbocycles. The molecule has 94 valence electrons. The summed E-state index contributed by atoms with van der Waals surface area (Å²) in [6, 6.07) is -0.362. The van der Waals surface area contributed by atoms with Gasteiger partial charge in [0.1, 0.15) is 0 Å². The number of aliphatic hydroxyl groups excluding tert-OH is 1. The number of rotatable bonds is 5. The Morgan fingerprint density at radius 2 is 2.06 bits per heavy atom. The van der Waals surface area contributed by atoms with Crippen LogP contribution in [0.15, 0.2) is 0 Å². The second-order valence-electron chi connectivity index (χ2n) is 4.81. The van der Waals surface area contributed by atoms with Crippen LogP contribution in [0.5, 0.6) is 0 Å². The summed E-state index contributed by atoms with van der Waals surface area (Å²) in [6.07, 6.45) is 5.28. The van der Waals surface area contributed by atoms with Gasteiger partial charge in [-0.2, -0.15) is 0 Å². The van der Waals surface area contributed by atoms with Gasteiger partial charge in [-0.15, -0.1) is 0 Å². The molecule has 0 aromatic carbocycles. The van der Waals surface area contributed by atoms with Crippen LogP contribution < -0.4 is 11.1 Å². The molecule has 1 saturated carbocycles. The molecule has 0 radical (unpaired) electrons. The molecule has 4 heteroatoms. The third kappa shape index (κ3) is 4.49. The molecular formula is C12H24N2O2. The predicted octanol–water partition coefficient (Wildman–Crippen LogP) is 0.781. The largest absolute Gasteiger partial charge is 0.393 e. The Labute approximate surface area is 97.6 Å². The minimum absolute atomic E-state index is 0.0343. The van der Waals surface area contributed by atoms with E-state index in [-0.39, 0.29) is 18.1 Å². The van der Waals surface area contributed by atoms with E-state index < -0.39 is 0 Å². The fraction of sp³-hybridized carbons (Fsp3) is 0.917. The lowest BCUT2D eigenvalue weighted by Crippen LogP contribution is -2.42. The van der Waals surface area contributed by atoms with Crippen LogP contribution in [0.1, 0.15) is 45.4 Å². The number of carbonyl (C=O) groups is 1. The topological polar surface area (TPSA) is 75.4 Å². The molecule has 0 aromatic rings. The van der Waals surface area contributed by atoms with E-state index >= 15 is 0 Å². The Hall–Kier alpha value is -0.610. The second-order valence-corrected chi connectivity index (χ2v) is 4.81. The molecule has 1 aliphatic rings. The van der Waals surface area contributed by atoms with Gasteiger partial charge in [-0.1, -0.05) is 13.3 Å². The van der Waals surface area contributed by atoms with Crippen LogP contribution in [0.3, 0.4) is 0 Å². The van der Waals surface area contributed by atoms with Gasteiger partial charge < -0.3 is 16.2 Å². The number of carbonyl (C=O) groups excluding carboxylic acids is 1. The first kappa shape index (κ1) is 13.5. The van der Waals surface area contributed by atoms with Gasteiger partial charge in [0.05, 0.1) is 12.1 Å². The van der Waals surface area contributed by atoms with Crippen molar-refractivity contribution in [1.29, 1.82) is 0 Å². The van der Waals surface area contributed by atoms with Crippen molar-refractivity contribution in [2.24, 2.45) is 11.7 Å². The van der Waals surface area contributed by atoms with Gasteiger partial charge in [-0.05, 0) is 38.0 Å². The molecular weight excluding hydrogens is 204 g/mol. The maximum atomic E-state index is 11.6. The van der Waals surface area contributed by atoms with Crippen molar-refractivity contribution in [3.05, 3.63) is 0 Å². The number of hydrogen-bond donors (Lipinski definition) is 3. The first-order valence-electron chi connectivity index (χ1n) is 6.34. The van der Waals surface area contributed by atoms with E-state index in [0.29, 0.717) is 12.5 Å². The fourth-order valence-corrected chi connectivity index (χ4v) is 2.17. The highest BCUT2D eigenvalue weighted by Crippen LogP contribution is 2.23. The molecule has 16 heavy (non-hydrogen) atoms. The van der Waals surface area contributed by atoms with Crippen LogP contribution in [-0.2, 0) is 4.79 Å². The summed E-state index contributed by atoms with van der Waals surface area (Å²) < 4.78 is 0. The minimum Gasteiger partial charge on any atom is -0.393 e. The van der Waals surface area contributed by atoms with E-state index in [4.69, 9.17) is 5.73 Å². The molecule has 1 amide bonds. The van der Waals surface area contributed by atoms with Gasteiger partial charge >= 0.3 is 0 Å².